The van der Waals surface area contributed by atoms with Crippen LogP contribution in [-0.4, -0.2) is 29.8 Å². The van der Waals surface area contributed by atoms with Gasteiger partial charge in [0.15, 0.2) is 0 Å². The first-order valence-corrected chi connectivity index (χ1v) is 5.53. The molecule has 15 heavy (non-hydrogen) atoms. The van der Waals surface area contributed by atoms with Gasteiger partial charge < -0.3 is 14.6 Å². The van der Waals surface area contributed by atoms with Crippen LogP contribution >= 0.6 is 0 Å². The van der Waals surface area contributed by atoms with Gasteiger partial charge in [0.1, 0.15) is 0 Å². The number of hydrogen-bond acceptors (Lipinski definition) is 3. The summed E-state index contributed by atoms with van der Waals surface area (Å²) < 4.78 is 7.68. The average molecular weight is 209 g/mol. The Hall–Kier alpha value is -0.870. The summed E-state index contributed by atoms with van der Waals surface area (Å²) in [5, 5.41) is 3.17. The second kappa shape index (κ2) is 4.77. The number of hydrogen-bond donors (Lipinski definition) is 1. The summed E-state index contributed by atoms with van der Waals surface area (Å²) in [6.45, 7) is 0.883. The lowest BCUT2D eigenvalue weighted by atomic mass is 10.2. The van der Waals surface area contributed by atoms with E-state index in [-0.39, 0.29) is 0 Å². The molecule has 0 amide bonds. The number of rotatable bonds is 4. The first-order valence-electron chi connectivity index (χ1n) is 5.53. The van der Waals surface area contributed by atoms with Crippen molar-refractivity contribution in [3.05, 3.63) is 18.2 Å². The van der Waals surface area contributed by atoms with Crippen molar-refractivity contribution in [2.24, 2.45) is 0 Å². The molecule has 1 saturated carbocycles. The van der Waals surface area contributed by atoms with E-state index in [4.69, 9.17) is 4.74 Å². The van der Waals surface area contributed by atoms with Gasteiger partial charge in [0.2, 0.25) is 0 Å². The van der Waals surface area contributed by atoms with E-state index in [0.717, 1.165) is 13.0 Å². The van der Waals surface area contributed by atoms with Crippen molar-refractivity contribution in [1.29, 1.82) is 0 Å². The van der Waals surface area contributed by atoms with Gasteiger partial charge in [-0.3, -0.25) is 0 Å². The van der Waals surface area contributed by atoms with Crippen molar-refractivity contribution < 1.29 is 4.74 Å². The lowest BCUT2D eigenvalue weighted by Crippen LogP contribution is -2.14. The molecule has 4 nitrogen and oxygen atoms in total. The Labute approximate surface area is 90.6 Å². The zero-order valence-electron chi connectivity index (χ0n) is 9.44. The van der Waals surface area contributed by atoms with E-state index in [1.807, 2.05) is 19.6 Å². The second-order valence-electron chi connectivity index (χ2n) is 4.15. The molecule has 0 bridgehead atoms. The van der Waals surface area contributed by atoms with Gasteiger partial charge in [0, 0.05) is 25.9 Å². The van der Waals surface area contributed by atoms with Gasteiger partial charge in [-0.05, 0) is 26.3 Å². The van der Waals surface area contributed by atoms with Gasteiger partial charge in [-0.25, -0.2) is 4.98 Å². The van der Waals surface area contributed by atoms with Gasteiger partial charge in [0.05, 0.1) is 18.1 Å². The predicted molar refractivity (Wildman–Crippen MR) is 58.7 cm³/mol. The highest BCUT2D eigenvalue weighted by Gasteiger charge is 2.26. The molecule has 1 aromatic rings. The van der Waals surface area contributed by atoms with Gasteiger partial charge >= 0.3 is 0 Å². The third-order valence-corrected chi connectivity index (χ3v) is 3.19. The molecule has 1 aliphatic rings. The van der Waals surface area contributed by atoms with E-state index in [1.165, 1.54) is 18.5 Å². The molecule has 2 rings (SSSR count). The van der Waals surface area contributed by atoms with E-state index >= 15 is 0 Å². The third kappa shape index (κ3) is 2.21. The zero-order valence-corrected chi connectivity index (χ0v) is 9.44. The molecular weight excluding hydrogens is 190 g/mol. The fourth-order valence-electron chi connectivity index (χ4n) is 2.36. The minimum Gasteiger partial charge on any atom is -0.381 e. The third-order valence-electron chi connectivity index (χ3n) is 3.19. The van der Waals surface area contributed by atoms with Crippen LogP contribution in [0.25, 0.3) is 0 Å². The van der Waals surface area contributed by atoms with Gasteiger partial charge in [-0.2, -0.15) is 0 Å². The average Bonchev–Trinajstić information content (AvgIpc) is 2.85. The highest BCUT2D eigenvalue weighted by atomic mass is 16.5. The van der Waals surface area contributed by atoms with Gasteiger partial charge in [-0.15, -0.1) is 0 Å². The van der Waals surface area contributed by atoms with Crippen molar-refractivity contribution >= 4 is 0 Å². The van der Waals surface area contributed by atoms with E-state index in [0.29, 0.717) is 12.1 Å². The maximum absolute atomic E-state index is 5.39. The van der Waals surface area contributed by atoms with Crippen LogP contribution in [0.1, 0.15) is 31.0 Å². The quantitative estimate of drug-likeness (QED) is 0.813. The fraction of sp³-hybridized carbons (Fsp3) is 0.727. The normalized spacial score (nSPS) is 26.0. The van der Waals surface area contributed by atoms with E-state index in [1.54, 1.807) is 7.11 Å². The van der Waals surface area contributed by atoms with Crippen LogP contribution in [0, 0.1) is 0 Å². The number of imidazole rings is 1. The van der Waals surface area contributed by atoms with Crippen LogP contribution in [0.3, 0.4) is 0 Å². The van der Waals surface area contributed by atoms with E-state index in [2.05, 4.69) is 14.9 Å². The molecule has 2 atom stereocenters. The number of aromatic nitrogens is 2. The highest BCUT2D eigenvalue weighted by Crippen LogP contribution is 2.32. The van der Waals surface area contributed by atoms with Crippen LogP contribution < -0.4 is 5.32 Å². The van der Waals surface area contributed by atoms with Crippen molar-refractivity contribution in [1.82, 2.24) is 14.9 Å². The molecule has 1 heterocycles. The number of ether oxygens (including phenoxy) is 1. The highest BCUT2D eigenvalue weighted by molar-refractivity contribution is 5.01. The van der Waals surface area contributed by atoms with Crippen LogP contribution in [0.5, 0.6) is 0 Å². The minimum absolute atomic E-state index is 0.430. The maximum atomic E-state index is 5.39. The molecule has 1 aliphatic carbocycles. The standard InChI is InChI=1S/C11H19N3O/c1-12-6-10-7-13-8-14(10)9-3-4-11(5-9)15-2/h7-9,11-12H,3-6H2,1-2H3. The molecule has 0 saturated heterocycles. The smallest absolute Gasteiger partial charge is 0.0951 e. The van der Waals surface area contributed by atoms with Gasteiger partial charge in [0.25, 0.3) is 0 Å². The topological polar surface area (TPSA) is 39.1 Å². The molecule has 0 radical (unpaired) electrons. The van der Waals surface area contributed by atoms with E-state index < -0.39 is 0 Å². The fourth-order valence-corrected chi connectivity index (χ4v) is 2.36. The predicted octanol–water partition coefficient (Wildman–Crippen LogP) is 1.34. The molecule has 1 fully saturated rings. The summed E-state index contributed by atoms with van der Waals surface area (Å²) in [5.74, 6) is 0. The zero-order chi connectivity index (χ0) is 10.7. The van der Waals surface area contributed by atoms with Gasteiger partial charge in [-0.1, -0.05) is 0 Å². The number of nitrogens with one attached hydrogen (secondary N) is 1. The van der Waals surface area contributed by atoms with Crippen molar-refractivity contribution in [2.75, 3.05) is 14.2 Å². The number of methoxy groups -OCH3 is 1. The van der Waals surface area contributed by atoms with E-state index in [9.17, 15) is 0 Å². The summed E-state index contributed by atoms with van der Waals surface area (Å²) in [6.07, 6.45) is 7.79. The molecule has 84 valence electrons. The Morgan fingerprint density at radius 3 is 3.13 bits per heavy atom. The molecule has 1 N–H and O–H groups in total. The van der Waals surface area contributed by atoms with Crippen molar-refractivity contribution in [3.8, 4) is 0 Å². The van der Waals surface area contributed by atoms with Crippen molar-refractivity contribution in [3.63, 3.8) is 0 Å². The van der Waals surface area contributed by atoms with Crippen LogP contribution in [0.2, 0.25) is 0 Å². The lowest BCUT2D eigenvalue weighted by molar-refractivity contribution is 0.105. The summed E-state index contributed by atoms with van der Waals surface area (Å²) in [5.41, 5.74) is 1.26. The Morgan fingerprint density at radius 2 is 2.47 bits per heavy atom. The molecule has 4 heteroatoms. The first kappa shape index (κ1) is 10.6. The van der Waals surface area contributed by atoms with Crippen molar-refractivity contribution in [2.45, 2.75) is 38.0 Å². The maximum Gasteiger partial charge on any atom is 0.0951 e. The van der Waals surface area contributed by atoms with Crippen LogP contribution in [0.4, 0.5) is 0 Å². The monoisotopic (exact) mass is 209 g/mol. The second-order valence-corrected chi connectivity index (χ2v) is 4.15. The summed E-state index contributed by atoms with van der Waals surface area (Å²) in [7, 11) is 3.76. The molecule has 2 unspecified atom stereocenters. The Morgan fingerprint density at radius 1 is 1.60 bits per heavy atom. The Balaban J connectivity index is 2.06. The lowest BCUT2D eigenvalue weighted by Gasteiger charge is -2.15. The molecule has 0 aliphatic heterocycles. The SMILES string of the molecule is CNCc1cncn1C1CCC(OC)C1. The van der Waals surface area contributed by atoms with Crippen LogP contribution in [-0.2, 0) is 11.3 Å². The molecule has 0 spiro atoms. The number of nitrogens with zero attached hydrogens (tertiary/aromatic N) is 2. The molecule has 1 aromatic heterocycles. The summed E-state index contributed by atoms with van der Waals surface area (Å²) in [6, 6.07) is 0.570. The molecule has 0 aromatic carbocycles. The summed E-state index contributed by atoms with van der Waals surface area (Å²) in [4.78, 5) is 4.22. The largest absolute Gasteiger partial charge is 0.381 e. The van der Waals surface area contributed by atoms with Crippen LogP contribution in [0.15, 0.2) is 12.5 Å². The Bertz CT molecular complexity index is 311. The summed E-state index contributed by atoms with van der Waals surface area (Å²) >= 11 is 0. The Kier molecular flexibility index (Phi) is 3.38. The molecular formula is C11H19N3O. The minimum atomic E-state index is 0.430. The first-order chi connectivity index (χ1) is 7.35.